The van der Waals surface area contributed by atoms with Crippen molar-refractivity contribution in [1.29, 1.82) is 0 Å². The van der Waals surface area contributed by atoms with Crippen LogP contribution in [0.1, 0.15) is 52.4 Å². The van der Waals surface area contributed by atoms with Crippen molar-refractivity contribution in [1.82, 2.24) is 0 Å². The van der Waals surface area contributed by atoms with Gasteiger partial charge >= 0.3 is 5.97 Å². The van der Waals surface area contributed by atoms with Gasteiger partial charge in [-0.3, -0.25) is 4.79 Å². The molecule has 1 saturated heterocycles. The van der Waals surface area contributed by atoms with Crippen LogP contribution in [0.3, 0.4) is 0 Å². The Labute approximate surface area is 195 Å². The molecule has 5 aliphatic rings. The van der Waals surface area contributed by atoms with E-state index < -0.39 is 27.7 Å². The van der Waals surface area contributed by atoms with E-state index in [1.165, 1.54) is 6.29 Å². The summed E-state index contributed by atoms with van der Waals surface area (Å²) in [7, 11) is -3.60. The van der Waals surface area contributed by atoms with Crippen molar-refractivity contribution in [2.45, 2.75) is 109 Å². The standard InChI is InChI=1S/C25H42O5Si2/c1-22(30-32(6,7)8)15-24-13-16(22)9-10-18(24)25-12-11-19(29-31(3,4)5)23(2,21(27)28-25)20(25)17(24)14-26/h14,16-20H,9-13,15H2,1-8H3/t16-,17?,18?,19+,20?,22-,23?,24+,25-/m1/s1. The van der Waals surface area contributed by atoms with Gasteiger partial charge in [-0.2, -0.15) is 0 Å². The molecule has 4 bridgehead atoms. The summed E-state index contributed by atoms with van der Waals surface area (Å²) in [6.07, 6.45) is 6.86. The monoisotopic (exact) mass is 478 g/mol. The van der Waals surface area contributed by atoms with E-state index in [2.05, 4.69) is 53.1 Å². The molecule has 9 atom stereocenters. The normalized spacial score (nSPS) is 51.9. The Balaban J connectivity index is 1.59. The van der Waals surface area contributed by atoms with Crippen molar-refractivity contribution in [3.63, 3.8) is 0 Å². The first-order valence-electron chi connectivity index (χ1n) is 12.7. The third kappa shape index (κ3) is 2.86. The zero-order chi connectivity index (χ0) is 23.5. The Morgan fingerprint density at radius 1 is 1.03 bits per heavy atom. The lowest BCUT2D eigenvalue weighted by Gasteiger charge is -2.47. The van der Waals surface area contributed by atoms with Crippen LogP contribution in [0.4, 0.5) is 0 Å². The molecule has 0 aromatic heterocycles. The number of carbonyl (C=O) groups is 2. The average Bonchev–Trinajstić information content (AvgIpc) is 3.06. The molecule has 32 heavy (non-hydrogen) atoms. The van der Waals surface area contributed by atoms with Crippen molar-refractivity contribution in [2.75, 3.05) is 0 Å². The van der Waals surface area contributed by atoms with Gasteiger partial charge in [-0.05, 0) is 103 Å². The number of fused-ring (bicyclic) bond motifs is 1. The molecule has 5 rings (SSSR count). The van der Waals surface area contributed by atoms with Crippen molar-refractivity contribution in [3.8, 4) is 0 Å². The molecule has 0 aromatic carbocycles. The van der Waals surface area contributed by atoms with Crippen LogP contribution in [0.5, 0.6) is 0 Å². The number of ether oxygens (including phenoxy) is 1. The van der Waals surface area contributed by atoms with Crippen LogP contribution in [0, 0.1) is 34.5 Å². The number of carbonyl (C=O) groups excluding carboxylic acids is 2. The molecule has 180 valence electrons. The molecule has 0 aromatic rings. The summed E-state index contributed by atoms with van der Waals surface area (Å²) >= 11 is 0. The summed E-state index contributed by atoms with van der Waals surface area (Å²) < 4.78 is 19.9. The predicted molar refractivity (Wildman–Crippen MR) is 128 cm³/mol. The smallest absolute Gasteiger partial charge is 0.315 e. The molecule has 1 heterocycles. The number of esters is 1. The third-order valence-electron chi connectivity index (χ3n) is 9.82. The summed E-state index contributed by atoms with van der Waals surface area (Å²) in [6, 6.07) is 0. The number of hydrogen-bond acceptors (Lipinski definition) is 5. The quantitative estimate of drug-likeness (QED) is 0.310. The molecule has 7 heteroatoms. The maximum Gasteiger partial charge on any atom is 0.315 e. The highest BCUT2D eigenvalue weighted by molar-refractivity contribution is 6.70. The number of hydrogen-bond donors (Lipinski definition) is 0. The Kier molecular flexibility index (Phi) is 4.78. The molecule has 4 unspecified atom stereocenters. The molecule has 1 spiro atoms. The van der Waals surface area contributed by atoms with Gasteiger partial charge in [0.2, 0.25) is 0 Å². The van der Waals surface area contributed by atoms with Gasteiger partial charge < -0.3 is 18.4 Å². The number of aldehydes is 1. The summed E-state index contributed by atoms with van der Waals surface area (Å²) in [5.74, 6) is 0.392. The minimum atomic E-state index is -1.86. The van der Waals surface area contributed by atoms with Gasteiger partial charge in [-0.25, -0.2) is 0 Å². The van der Waals surface area contributed by atoms with E-state index in [1.807, 2.05) is 0 Å². The highest BCUT2D eigenvalue weighted by Gasteiger charge is 2.83. The molecule has 0 N–H and O–H groups in total. The Bertz CT molecular complexity index is 848. The van der Waals surface area contributed by atoms with Crippen molar-refractivity contribution in [2.24, 2.45) is 34.5 Å². The van der Waals surface area contributed by atoms with Crippen LogP contribution >= 0.6 is 0 Å². The van der Waals surface area contributed by atoms with Gasteiger partial charge in [0.25, 0.3) is 0 Å². The first-order chi connectivity index (χ1) is 14.6. The highest BCUT2D eigenvalue weighted by atomic mass is 28.4. The van der Waals surface area contributed by atoms with E-state index in [-0.39, 0.29) is 40.8 Å². The lowest BCUT2D eigenvalue weighted by atomic mass is 9.59. The van der Waals surface area contributed by atoms with E-state index in [9.17, 15) is 9.59 Å². The third-order valence-corrected chi connectivity index (χ3v) is 11.9. The first kappa shape index (κ1) is 23.2. The van der Waals surface area contributed by atoms with E-state index in [0.717, 1.165) is 38.5 Å². The Hall–Kier alpha value is -0.506. The highest BCUT2D eigenvalue weighted by Crippen LogP contribution is 2.78. The van der Waals surface area contributed by atoms with Crippen molar-refractivity contribution in [3.05, 3.63) is 0 Å². The molecule has 5 fully saturated rings. The summed E-state index contributed by atoms with van der Waals surface area (Å²) in [6.45, 7) is 17.7. The fourth-order valence-electron chi connectivity index (χ4n) is 9.38. The van der Waals surface area contributed by atoms with Crippen molar-refractivity contribution >= 4 is 28.9 Å². The maximum absolute atomic E-state index is 13.5. The minimum Gasteiger partial charge on any atom is -0.458 e. The van der Waals surface area contributed by atoms with E-state index in [4.69, 9.17) is 13.6 Å². The molecule has 4 saturated carbocycles. The summed E-state index contributed by atoms with van der Waals surface area (Å²) in [5, 5.41) is 0. The van der Waals surface area contributed by atoms with Gasteiger partial charge in [0.15, 0.2) is 16.6 Å². The second-order valence-corrected chi connectivity index (χ2v) is 22.9. The van der Waals surface area contributed by atoms with Crippen LogP contribution in [-0.4, -0.2) is 46.2 Å². The molecule has 5 nitrogen and oxygen atoms in total. The van der Waals surface area contributed by atoms with Gasteiger partial charge in [0, 0.05) is 17.8 Å². The van der Waals surface area contributed by atoms with E-state index in [1.54, 1.807) is 0 Å². The van der Waals surface area contributed by atoms with Crippen LogP contribution in [0.2, 0.25) is 39.3 Å². The Morgan fingerprint density at radius 2 is 1.72 bits per heavy atom. The van der Waals surface area contributed by atoms with Crippen LogP contribution in [-0.2, 0) is 23.2 Å². The lowest BCUT2D eigenvalue weighted by molar-refractivity contribution is -0.160. The van der Waals surface area contributed by atoms with Crippen molar-refractivity contribution < 1.29 is 23.2 Å². The topological polar surface area (TPSA) is 61.8 Å². The molecular weight excluding hydrogens is 436 g/mol. The summed E-state index contributed by atoms with van der Waals surface area (Å²) in [5.41, 5.74) is -1.51. The molecule has 1 aliphatic heterocycles. The molecule has 4 aliphatic carbocycles. The fourth-order valence-corrected chi connectivity index (χ4v) is 12.2. The van der Waals surface area contributed by atoms with Crippen LogP contribution < -0.4 is 0 Å². The van der Waals surface area contributed by atoms with E-state index >= 15 is 0 Å². The van der Waals surface area contributed by atoms with Gasteiger partial charge in [0.05, 0.1) is 17.1 Å². The molecular formula is C25H42O5Si2. The first-order valence-corrected chi connectivity index (χ1v) is 19.5. The van der Waals surface area contributed by atoms with Gasteiger partial charge in [0.1, 0.15) is 11.9 Å². The zero-order valence-corrected chi connectivity index (χ0v) is 23.2. The SMILES string of the molecule is CC12C(=O)O[C@@]3(CC[C@@H]1O[Si](C)(C)C)C2C(C=O)[C@@]12C[C@@H](CCC13)[C@](C)(O[Si](C)(C)C)C2. The Morgan fingerprint density at radius 3 is 2.31 bits per heavy atom. The molecule has 0 radical (unpaired) electrons. The largest absolute Gasteiger partial charge is 0.458 e. The maximum atomic E-state index is 13.5. The van der Waals surface area contributed by atoms with Gasteiger partial charge in [-0.15, -0.1) is 0 Å². The predicted octanol–water partition coefficient (Wildman–Crippen LogP) is 5.16. The van der Waals surface area contributed by atoms with Crippen LogP contribution in [0.25, 0.3) is 0 Å². The van der Waals surface area contributed by atoms with E-state index in [0.29, 0.717) is 5.92 Å². The lowest BCUT2D eigenvalue weighted by Crippen LogP contribution is -2.55. The molecule has 0 amide bonds. The number of rotatable bonds is 5. The fraction of sp³-hybridized carbons (Fsp3) is 0.920. The second-order valence-electron chi connectivity index (χ2n) is 14.0. The second kappa shape index (κ2) is 6.58. The minimum absolute atomic E-state index is 0.0759. The average molecular weight is 479 g/mol. The zero-order valence-electron chi connectivity index (χ0n) is 21.2. The van der Waals surface area contributed by atoms with Crippen LogP contribution in [0.15, 0.2) is 0 Å². The van der Waals surface area contributed by atoms with Gasteiger partial charge in [-0.1, -0.05) is 0 Å². The summed E-state index contributed by atoms with van der Waals surface area (Å²) in [4.78, 5) is 26.4.